The highest BCUT2D eigenvalue weighted by molar-refractivity contribution is 7.89. The second-order valence-corrected chi connectivity index (χ2v) is 7.72. The monoisotopic (exact) mass is 316 g/mol. The summed E-state index contributed by atoms with van der Waals surface area (Å²) < 4.78 is 54.2. The molecule has 1 saturated carbocycles. The van der Waals surface area contributed by atoms with Crippen molar-refractivity contribution in [1.82, 2.24) is 4.31 Å². The van der Waals surface area contributed by atoms with Gasteiger partial charge in [0.15, 0.2) is 5.82 Å². The summed E-state index contributed by atoms with van der Waals surface area (Å²) in [7, 11) is -3.92. The third-order valence-electron chi connectivity index (χ3n) is 4.67. The molecule has 0 spiro atoms. The van der Waals surface area contributed by atoms with E-state index in [0.29, 0.717) is 24.9 Å². The van der Waals surface area contributed by atoms with Crippen molar-refractivity contribution >= 4 is 10.0 Å². The average Bonchev–Trinajstić information content (AvgIpc) is 2.99. The summed E-state index contributed by atoms with van der Waals surface area (Å²) >= 11 is 0. The summed E-state index contributed by atoms with van der Waals surface area (Å²) in [6.45, 7) is 0.496. The molecule has 116 valence electrons. The molecule has 0 aromatic heterocycles. The van der Waals surface area contributed by atoms with Crippen LogP contribution in [0.4, 0.5) is 8.78 Å². The van der Waals surface area contributed by atoms with Crippen LogP contribution in [0.15, 0.2) is 17.0 Å². The summed E-state index contributed by atoms with van der Waals surface area (Å²) in [5.41, 5.74) is 4.92. The molecular formula is C14H18F2N2O2S. The Bertz CT molecular complexity index is 651. The molecule has 7 heteroatoms. The Morgan fingerprint density at radius 1 is 1.19 bits per heavy atom. The summed E-state index contributed by atoms with van der Waals surface area (Å²) in [6.07, 6.45) is 3.18. The van der Waals surface area contributed by atoms with Gasteiger partial charge in [-0.25, -0.2) is 17.2 Å². The van der Waals surface area contributed by atoms with Crippen molar-refractivity contribution < 1.29 is 17.2 Å². The molecule has 4 nitrogen and oxygen atoms in total. The number of nitrogens with two attached hydrogens (primary N) is 1. The zero-order valence-corrected chi connectivity index (χ0v) is 12.4. The lowest BCUT2D eigenvalue weighted by atomic mass is 10.0. The Morgan fingerprint density at radius 3 is 2.38 bits per heavy atom. The van der Waals surface area contributed by atoms with Gasteiger partial charge in [0.1, 0.15) is 10.7 Å². The molecule has 21 heavy (non-hydrogen) atoms. The fraction of sp³-hybridized carbons (Fsp3) is 0.571. The van der Waals surface area contributed by atoms with Crippen molar-refractivity contribution in [3.05, 3.63) is 29.3 Å². The topological polar surface area (TPSA) is 63.4 Å². The molecule has 3 rings (SSSR count). The van der Waals surface area contributed by atoms with Crippen LogP contribution in [0.1, 0.15) is 24.8 Å². The van der Waals surface area contributed by atoms with Crippen molar-refractivity contribution in [1.29, 1.82) is 0 Å². The van der Waals surface area contributed by atoms with Crippen LogP contribution in [0.3, 0.4) is 0 Å². The third kappa shape index (κ3) is 2.37. The molecule has 2 unspecified atom stereocenters. The molecule has 2 aliphatic rings. The van der Waals surface area contributed by atoms with Crippen molar-refractivity contribution in [2.45, 2.75) is 30.7 Å². The van der Waals surface area contributed by atoms with E-state index in [0.717, 1.165) is 31.4 Å². The molecular weight excluding hydrogens is 298 g/mol. The molecule has 0 radical (unpaired) electrons. The van der Waals surface area contributed by atoms with Gasteiger partial charge in [0.05, 0.1) is 0 Å². The predicted octanol–water partition coefficient (Wildman–Crippen LogP) is 1.84. The van der Waals surface area contributed by atoms with E-state index in [4.69, 9.17) is 5.73 Å². The van der Waals surface area contributed by atoms with E-state index in [1.54, 1.807) is 0 Å². The number of rotatable bonds is 3. The second-order valence-electron chi connectivity index (χ2n) is 5.82. The van der Waals surface area contributed by atoms with Crippen molar-refractivity contribution in [2.24, 2.45) is 17.6 Å². The Labute approximate surface area is 123 Å². The van der Waals surface area contributed by atoms with Crippen LogP contribution >= 0.6 is 0 Å². The minimum atomic E-state index is -3.92. The van der Waals surface area contributed by atoms with Crippen molar-refractivity contribution in [3.63, 3.8) is 0 Å². The Morgan fingerprint density at radius 2 is 1.81 bits per heavy atom. The molecule has 2 atom stereocenters. The lowest BCUT2D eigenvalue weighted by Crippen LogP contribution is -2.30. The highest BCUT2D eigenvalue weighted by Crippen LogP contribution is 2.40. The van der Waals surface area contributed by atoms with Crippen LogP contribution in [0.25, 0.3) is 0 Å². The first-order valence-electron chi connectivity index (χ1n) is 7.12. The lowest BCUT2D eigenvalue weighted by Gasteiger charge is -2.18. The number of hydrogen-bond acceptors (Lipinski definition) is 3. The van der Waals surface area contributed by atoms with Gasteiger partial charge in [-0.3, -0.25) is 0 Å². The minimum Gasteiger partial charge on any atom is -0.326 e. The molecule has 2 N–H and O–H groups in total. The molecule has 1 aliphatic carbocycles. The van der Waals surface area contributed by atoms with E-state index in [9.17, 15) is 17.2 Å². The summed E-state index contributed by atoms with van der Waals surface area (Å²) in [5.74, 6) is -1.13. The number of sulfonamides is 1. The highest BCUT2D eigenvalue weighted by Gasteiger charge is 2.42. The molecule has 1 aromatic rings. The van der Waals surface area contributed by atoms with Crippen molar-refractivity contribution in [3.8, 4) is 0 Å². The Kier molecular flexibility index (Phi) is 3.75. The highest BCUT2D eigenvalue weighted by atomic mass is 32.2. The zero-order chi connectivity index (χ0) is 15.2. The molecule has 0 amide bonds. The minimum absolute atomic E-state index is 0.369. The fourth-order valence-electron chi connectivity index (χ4n) is 3.49. The van der Waals surface area contributed by atoms with E-state index in [1.165, 1.54) is 4.31 Å². The smallest absolute Gasteiger partial charge is 0.246 e. The van der Waals surface area contributed by atoms with Gasteiger partial charge in [-0.15, -0.1) is 0 Å². The lowest BCUT2D eigenvalue weighted by molar-refractivity contribution is 0.438. The maximum Gasteiger partial charge on any atom is 0.246 e. The third-order valence-corrected chi connectivity index (χ3v) is 6.51. The number of benzene rings is 1. The van der Waals surface area contributed by atoms with E-state index in [2.05, 4.69) is 0 Å². The molecule has 0 bridgehead atoms. The van der Waals surface area contributed by atoms with Crippen LogP contribution < -0.4 is 5.73 Å². The first-order valence-corrected chi connectivity index (χ1v) is 8.56. The van der Waals surface area contributed by atoms with E-state index in [-0.39, 0.29) is 12.1 Å². The predicted molar refractivity (Wildman–Crippen MR) is 73.8 cm³/mol. The standard InChI is InChI=1S/C14H18F2N2O2S/c15-12-4-5-13(14(16)11(12)6-17)21(19,20)18-7-9-2-1-3-10(9)8-18/h4-5,9-10H,1-3,6-8,17H2. The van der Waals surface area contributed by atoms with Crippen LogP contribution in [-0.4, -0.2) is 25.8 Å². The zero-order valence-electron chi connectivity index (χ0n) is 11.6. The molecule has 1 aliphatic heterocycles. The van der Waals surface area contributed by atoms with Gasteiger partial charge in [-0.2, -0.15) is 4.31 Å². The summed E-state index contributed by atoms with van der Waals surface area (Å²) in [5, 5.41) is 0. The SMILES string of the molecule is NCc1c(F)ccc(S(=O)(=O)N2CC3CCCC3C2)c1F. The molecule has 2 fully saturated rings. The maximum atomic E-state index is 14.2. The second kappa shape index (κ2) is 5.30. The van der Waals surface area contributed by atoms with E-state index < -0.39 is 26.6 Å². The summed E-state index contributed by atoms with van der Waals surface area (Å²) in [4.78, 5) is -0.468. The van der Waals surface area contributed by atoms with E-state index >= 15 is 0 Å². The first-order chi connectivity index (χ1) is 9.95. The first kappa shape index (κ1) is 14.9. The van der Waals surface area contributed by atoms with Gasteiger partial charge in [0.25, 0.3) is 0 Å². The quantitative estimate of drug-likeness (QED) is 0.925. The van der Waals surface area contributed by atoms with Crippen LogP contribution in [0.5, 0.6) is 0 Å². The van der Waals surface area contributed by atoms with Gasteiger partial charge < -0.3 is 5.73 Å². The fourth-order valence-corrected chi connectivity index (χ4v) is 5.13. The van der Waals surface area contributed by atoms with E-state index in [1.807, 2.05) is 0 Å². The van der Waals surface area contributed by atoms with Crippen LogP contribution in [-0.2, 0) is 16.6 Å². The van der Waals surface area contributed by atoms with Crippen LogP contribution in [0.2, 0.25) is 0 Å². The molecule has 1 saturated heterocycles. The van der Waals surface area contributed by atoms with Gasteiger partial charge >= 0.3 is 0 Å². The van der Waals surface area contributed by atoms with Crippen LogP contribution in [0, 0.1) is 23.5 Å². The maximum absolute atomic E-state index is 14.2. The summed E-state index contributed by atoms with van der Waals surface area (Å²) in [6, 6.07) is 1.96. The number of nitrogens with zero attached hydrogens (tertiary/aromatic N) is 1. The van der Waals surface area contributed by atoms with Gasteiger partial charge in [-0.05, 0) is 36.8 Å². The Balaban J connectivity index is 1.96. The van der Waals surface area contributed by atoms with Crippen molar-refractivity contribution in [2.75, 3.05) is 13.1 Å². The largest absolute Gasteiger partial charge is 0.326 e. The van der Waals surface area contributed by atoms with Gasteiger partial charge in [-0.1, -0.05) is 6.42 Å². The number of hydrogen-bond donors (Lipinski definition) is 1. The average molecular weight is 316 g/mol. The normalized spacial score (nSPS) is 26.2. The number of fused-ring (bicyclic) bond motifs is 1. The molecule has 1 heterocycles. The molecule has 1 aromatic carbocycles. The Hall–Kier alpha value is -1.05. The van der Waals surface area contributed by atoms with Gasteiger partial charge in [0, 0.05) is 25.2 Å². The number of halogens is 2. The van der Waals surface area contributed by atoms with Gasteiger partial charge in [0.2, 0.25) is 10.0 Å².